The summed E-state index contributed by atoms with van der Waals surface area (Å²) < 4.78 is 9.57. The van der Waals surface area contributed by atoms with Crippen molar-refractivity contribution in [3.05, 3.63) is 59.2 Å². The Morgan fingerprint density at radius 3 is 2.14 bits per heavy atom. The molecular weight excluding hydrogens is 372 g/mol. The molecule has 0 saturated heterocycles. The van der Waals surface area contributed by atoms with E-state index in [2.05, 4.69) is 5.32 Å². The molecule has 1 aliphatic heterocycles. The van der Waals surface area contributed by atoms with Crippen LogP contribution in [0.1, 0.15) is 52.6 Å². The van der Waals surface area contributed by atoms with Crippen molar-refractivity contribution < 1.29 is 23.9 Å². The van der Waals surface area contributed by atoms with Gasteiger partial charge in [0.25, 0.3) is 0 Å². The molecule has 0 unspecified atom stereocenters. The minimum Gasteiger partial charge on any atom is -0.465 e. The number of nitrogens with zero attached hydrogens (tertiary/aromatic N) is 1. The van der Waals surface area contributed by atoms with Gasteiger partial charge in [-0.05, 0) is 61.4 Å². The maximum absolute atomic E-state index is 12.2. The zero-order valence-corrected chi connectivity index (χ0v) is 16.9. The molecule has 0 fully saturated rings. The van der Waals surface area contributed by atoms with Crippen LogP contribution in [0.2, 0.25) is 0 Å². The molecule has 2 atom stereocenters. The molecule has 2 aromatic rings. The summed E-state index contributed by atoms with van der Waals surface area (Å²) in [5.41, 5.74) is 3.33. The number of benzene rings is 2. The molecule has 1 heterocycles. The number of carbonyl (C=O) groups is 3. The van der Waals surface area contributed by atoms with Gasteiger partial charge in [-0.25, -0.2) is 9.59 Å². The van der Waals surface area contributed by atoms with E-state index in [-0.39, 0.29) is 18.0 Å². The molecule has 2 aromatic carbocycles. The monoisotopic (exact) mass is 396 g/mol. The molecule has 0 aliphatic carbocycles. The highest BCUT2D eigenvalue weighted by atomic mass is 16.5. The zero-order chi connectivity index (χ0) is 21.1. The second-order valence-electron chi connectivity index (χ2n) is 7.00. The number of fused-ring (bicyclic) bond motifs is 1. The minimum atomic E-state index is -0.429. The summed E-state index contributed by atoms with van der Waals surface area (Å²) in [5.74, 6) is -0.875. The number of hydrogen-bond donors (Lipinski definition) is 1. The summed E-state index contributed by atoms with van der Waals surface area (Å²) in [6, 6.07) is 12.1. The number of esters is 2. The van der Waals surface area contributed by atoms with Gasteiger partial charge in [-0.1, -0.05) is 0 Å². The molecule has 0 radical (unpaired) electrons. The van der Waals surface area contributed by atoms with E-state index in [4.69, 9.17) is 9.47 Å². The van der Waals surface area contributed by atoms with Crippen molar-refractivity contribution in [3.8, 4) is 0 Å². The molecule has 3 rings (SSSR count). The van der Waals surface area contributed by atoms with Gasteiger partial charge in [-0.2, -0.15) is 0 Å². The van der Waals surface area contributed by atoms with Gasteiger partial charge < -0.3 is 19.7 Å². The Bertz CT molecular complexity index is 939. The Morgan fingerprint density at radius 2 is 1.55 bits per heavy atom. The molecule has 7 nitrogen and oxygen atoms in total. The molecule has 7 heteroatoms. The Kier molecular flexibility index (Phi) is 5.87. The lowest BCUT2D eigenvalue weighted by atomic mass is 9.90. The minimum absolute atomic E-state index is 0.0178. The molecule has 152 valence electrons. The summed E-state index contributed by atoms with van der Waals surface area (Å²) in [5, 5.41) is 3.45. The largest absolute Gasteiger partial charge is 0.465 e. The number of anilines is 2. The first-order valence-electron chi connectivity index (χ1n) is 9.32. The van der Waals surface area contributed by atoms with Crippen molar-refractivity contribution in [1.29, 1.82) is 0 Å². The predicted molar refractivity (Wildman–Crippen MR) is 109 cm³/mol. The number of methoxy groups -OCH3 is 2. The SMILES string of the molecule is COC(=O)c1ccc(N[C@@H]2C[C@@H](C)N(C(C)=O)c3ccc(C(=O)OC)cc32)cc1. The van der Waals surface area contributed by atoms with Gasteiger partial charge in [0, 0.05) is 24.3 Å². The Morgan fingerprint density at radius 1 is 0.966 bits per heavy atom. The number of hydrogen-bond acceptors (Lipinski definition) is 6. The van der Waals surface area contributed by atoms with Crippen LogP contribution in [-0.2, 0) is 14.3 Å². The fraction of sp³-hybridized carbons (Fsp3) is 0.318. The van der Waals surface area contributed by atoms with Crippen LogP contribution in [0, 0.1) is 0 Å². The Labute approximate surface area is 169 Å². The molecule has 1 aliphatic rings. The van der Waals surface area contributed by atoms with Gasteiger partial charge in [0.2, 0.25) is 5.91 Å². The fourth-order valence-corrected chi connectivity index (χ4v) is 3.75. The maximum atomic E-state index is 12.2. The van der Waals surface area contributed by atoms with E-state index in [9.17, 15) is 14.4 Å². The van der Waals surface area contributed by atoms with E-state index < -0.39 is 11.9 Å². The van der Waals surface area contributed by atoms with Crippen molar-refractivity contribution in [2.24, 2.45) is 0 Å². The third-order valence-electron chi connectivity index (χ3n) is 5.09. The summed E-state index contributed by atoms with van der Waals surface area (Å²) in [6.45, 7) is 3.53. The summed E-state index contributed by atoms with van der Waals surface area (Å²) in [4.78, 5) is 37.6. The van der Waals surface area contributed by atoms with Crippen LogP contribution in [0.3, 0.4) is 0 Å². The smallest absolute Gasteiger partial charge is 0.337 e. The van der Waals surface area contributed by atoms with Crippen molar-refractivity contribution in [2.45, 2.75) is 32.4 Å². The van der Waals surface area contributed by atoms with E-state index in [1.165, 1.54) is 21.1 Å². The second kappa shape index (κ2) is 8.34. The summed E-state index contributed by atoms with van der Waals surface area (Å²) in [6.07, 6.45) is 0.663. The topological polar surface area (TPSA) is 84.9 Å². The first-order valence-corrected chi connectivity index (χ1v) is 9.32. The standard InChI is InChI=1S/C22H24N2O5/c1-13-11-19(23-17-8-5-15(6-9-17)21(26)28-3)18-12-16(22(27)29-4)7-10-20(18)24(13)14(2)25/h5-10,12-13,19,23H,11H2,1-4H3/t13-,19-/m1/s1. The number of ether oxygens (including phenoxy) is 2. The molecule has 29 heavy (non-hydrogen) atoms. The lowest BCUT2D eigenvalue weighted by Gasteiger charge is -2.39. The highest BCUT2D eigenvalue weighted by Gasteiger charge is 2.33. The van der Waals surface area contributed by atoms with Gasteiger partial charge in [0.15, 0.2) is 0 Å². The van der Waals surface area contributed by atoms with Crippen LogP contribution in [0.4, 0.5) is 11.4 Å². The van der Waals surface area contributed by atoms with Crippen molar-refractivity contribution in [2.75, 3.05) is 24.4 Å². The predicted octanol–water partition coefficient (Wildman–Crippen LogP) is 3.56. The summed E-state index contributed by atoms with van der Waals surface area (Å²) in [7, 11) is 2.68. The van der Waals surface area contributed by atoms with Crippen LogP contribution in [0.5, 0.6) is 0 Å². The lowest BCUT2D eigenvalue weighted by molar-refractivity contribution is -0.117. The molecular formula is C22H24N2O5. The third kappa shape index (κ3) is 4.08. The van der Waals surface area contributed by atoms with Crippen LogP contribution in [0.25, 0.3) is 0 Å². The van der Waals surface area contributed by atoms with E-state index in [1.807, 2.05) is 6.92 Å². The van der Waals surface area contributed by atoms with E-state index in [0.717, 1.165) is 16.9 Å². The molecule has 0 aromatic heterocycles. The Balaban J connectivity index is 1.97. The molecule has 0 bridgehead atoms. The zero-order valence-electron chi connectivity index (χ0n) is 16.9. The van der Waals surface area contributed by atoms with Crippen LogP contribution >= 0.6 is 0 Å². The van der Waals surface area contributed by atoms with E-state index in [0.29, 0.717) is 17.5 Å². The molecule has 0 spiro atoms. The lowest BCUT2D eigenvalue weighted by Crippen LogP contribution is -2.43. The van der Waals surface area contributed by atoms with Crippen LogP contribution < -0.4 is 10.2 Å². The second-order valence-corrected chi connectivity index (χ2v) is 7.00. The average Bonchev–Trinajstić information content (AvgIpc) is 2.72. The fourth-order valence-electron chi connectivity index (χ4n) is 3.75. The van der Waals surface area contributed by atoms with Gasteiger partial charge in [0.1, 0.15) is 0 Å². The molecule has 1 amide bonds. The first-order chi connectivity index (χ1) is 13.8. The van der Waals surface area contributed by atoms with Crippen molar-refractivity contribution in [3.63, 3.8) is 0 Å². The number of carbonyl (C=O) groups excluding carboxylic acids is 3. The molecule has 0 saturated carbocycles. The van der Waals surface area contributed by atoms with Crippen LogP contribution in [0.15, 0.2) is 42.5 Å². The van der Waals surface area contributed by atoms with E-state index >= 15 is 0 Å². The highest BCUT2D eigenvalue weighted by Crippen LogP contribution is 2.39. The van der Waals surface area contributed by atoms with Crippen LogP contribution in [-0.4, -0.2) is 38.1 Å². The van der Waals surface area contributed by atoms with Crippen molar-refractivity contribution in [1.82, 2.24) is 0 Å². The number of amides is 1. The summed E-state index contributed by atoms with van der Waals surface area (Å²) >= 11 is 0. The molecule has 1 N–H and O–H groups in total. The van der Waals surface area contributed by atoms with E-state index in [1.54, 1.807) is 47.4 Å². The normalized spacial score (nSPS) is 17.9. The van der Waals surface area contributed by atoms with Gasteiger partial charge in [-0.3, -0.25) is 4.79 Å². The van der Waals surface area contributed by atoms with Gasteiger partial charge in [0.05, 0.1) is 31.4 Å². The Hall–Kier alpha value is -3.35. The van der Waals surface area contributed by atoms with Gasteiger partial charge >= 0.3 is 11.9 Å². The number of rotatable bonds is 4. The maximum Gasteiger partial charge on any atom is 0.337 e. The number of nitrogens with one attached hydrogen (secondary N) is 1. The quantitative estimate of drug-likeness (QED) is 0.796. The third-order valence-corrected chi connectivity index (χ3v) is 5.09. The average molecular weight is 396 g/mol. The first kappa shape index (κ1) is 20.4. The van der Waals surface area contributed by atoms with Crippen molar-refractivity contribution >= 4 is 29.2 Å². The van der Waals surface area contributed by atoms with Gasteiger partial charge in [-0.15, -0.1) is 0 Å². The highest BCUT2D eigenvalue weighted by molar-refractivity contribution is 5.96.